The molecule has 0 aliphatic rings. The van der Waals surface area contributed by atoms with E-state index in [-0.39, 0.29) is 12.2 Å². The first-order valence-electron chi connectivity index (χ1n) is 6.47. The molecule has 0 spiro atoms. The molecule has 6 heteroatoms. The quantitative estimate of drug-likeness (QED) is 0.862. The number of hydrogen-bond acceptors (Lipinski definition) is 5. The summed E-state index contributed by atoms with van der Waals surface area (Å²) in [6.07, 6.45) is 0. The molecule has 0 heterocycles. The molecular formula is C16H14NO5-. The molecule has 1 N–H and O–H groups in total. The number of hydrogen-bond donors (Lipinski definition) is 1. The smallest absolute Gasteiger partial charge is 0.262 e. The predicted molar refractivity (Wildman–Crippen MR) is 77.9 cm³/mol. The van der Waals surface area contributed by atoms with Crippen molar-refractivity contribution < 1.29 is 24.2 Å². The number of benzene rings is 2. The minimum atomic E-state index is -1.30. The third-order valence-electron chi connectivity index (χ3n) is 2.81. The predicted octanol–water partition coefficient (Wildman–Crippen LogP) is 1.08. The molecule has 6 nitrogen and oxygen atoms in total. The molecule has 1 amide bonds. The number of ether oxygens (including phenoxy) is 2. The van der Waals surface area contributed by atoms with Crippen LogP contribution in [0.4, 0.5) is 5.69 Å². The molecule has 0 aliphatic carbocycles. The normalized spacial score (nSPS) is 9.86. The van der Waals surface area contributed by atoms with Gasteiger partial charge >= 0.3 is 0 Å². The maximum atomic E-state index is 11.8. The van der Waals surface area contributed by atoms with Crippen LogP contribution in [-0.2, 0) is 4.79 Å². The van der Waals surface area contributed by atoms with Gasteiger partial charge in [0.15, 0.2) is 18.1 Å². The average Bonchev–Trinajstić information content (AvgIpc) is 2.53. The molecule has 0 bridgehead atoms. The number of carboxylic acids is 1. The molecule has 22 heavy (non-hydrogen) atoms. The van der Waals surface area contributed by atoms with Gasteiger partial charge in [-0.05, 0) is 29.8 Å². The molecule has 2 rings (SSSR count). The fourth-order valence-electron chi connectivity index (χ4n) is 1.80. The molecule has 0 aliphatic heterocycles. The van der Waals surface area contributed by atoms with Crippen LogP contribution in [0.5, 0.6) is 11.5 Å². The van der Waals surface area contributed by atoms with Crippen LogP contribution >= 0.6 is 0 Å². The molecular weight excluding hydrogens is 286 g/mol. The topological polar surface area (TPSA) is 87.7 Å². The lowest BCUT2D eigenvalue weighted by Gasteiger charge is -2.11. The highest BCUT2D eigenvalue weighted by atomic mass is 16.5. The number of anilines is 1. The second-order valence-corrected chi connectivity index (χ2v) is 4.36. The van der Waals surface area contributed by atoms with Gasteiger partial charge in [-0.3, -0.25) is 4.79 Å². The first kappa shape index (κ1) is 15.4. The van der Waals surface area contributed by atoms with Crippen LogP contribution in [0.1, 0.15) is 10.4 Å². The number of carbonyl (C=O) groups excluding carboxylic acids is 2. The number of carboxylic acid groups (broad SMARTS) is 1. The second-order valence-electron chi connectivity index (χ2n) is 4.36. The molecule has 0 saturated heterocycles. The van der Waals surface area contributed by atoms with E-state index in [1.807, 2.05) is 0 Å². The van der Waals surface area contributed by atoms with Crippen molar-refractivity contribution in [3.63, 3.8) is 0 Å². The van der Waals surface area contributed by atoms with E-state index in [0.29, 0.717) is 17.2 Å². The summed E-state index contributed by atoms with van der Waals surface area (Å²) in [5.74, 6) is -0.749. The number of nitrogens with one attached hydrogen (secondary N) is 1. The van der Waals surface area contributed by atoms with Crippen LogP contribution < -0.4 is 19.9 Å². The summed E-state index contributed by atoms with van der Waals surface area (Å²) in [7, 11) is 1.51. The van der Waals surface area contributed by atoms with E-state index in [9.17, 15) is 14.7 Å². The molecule has 2 aromatic rings. The summed E-state index contributed by atoms with van der Waals surface area (Å²) < 4.78 is 10.5. The van der Waals surface area contributed by atoms with E-state index in [0.717, 1.165) is 0 Å². The van der Waals surface area contributed by atoms with Crippen LogP contribution in [0, 0.1) is 0 Å². The summed E-state index contributed by atoms with van der Waals surface area (Å²) in [4.78, 5) is 22.6. The molecule has 0 saturated carbocycles. The zero-order valence-corrected chi connectivity index (χ0v) is 11.9. The van der Waals surface area contributed by atoms with Gasteiger partial charge in [0.25, 0.3) is 5.91 Å². The van der Waals surface area contributed by atoms with E-state index in [4.69, 9.17) is 9.47 Å². The Morgan fingerprint density at radius 2 is 1.82 bits per heavy atom. The monoisotopic (exact) mass is 300 g/mol. The Kier molecular flexibility index (Phi) is 4.98. The van der Waals surface area contributed by atoms with Crippen molar-refractivity contribution in [2.24, 2.45) is 0 Å². The molecule has 0 unspecified atom stereocenters. The van der Waals surface area contributed by atoms with Gasteiger partial charge < -0.3 is 24.7 Å². The van der Waals surface area contributed by atoms with Crippen LogP contribution in [0.3, 0.4) is 0 Å². The Labute approximate surface area is 127 Å². The summed E-state index contributed by atoms with van der Waals surface area (Å²) in [5, 5.41) is 13.3. The Morgan fingerprint density at radius 3 is 2.50 bits per heavy atom. The maximum Gasteiger partial charge on any atom is 0.262 e. The molecule has 0 aromatic heterocycles. The minimum Gasteiger partial charge on any atom is -0.545 e. The molecule has 2 aromatic carbocycles. The third kappa shape index (κ3) is 3.99. The fraction of sp³-hybridized carbons (Fsp3) is 0.125. The molecule has 0 fully saturated rings. The molecule has 0 atom stereocenters. The highest BCUT2D eigenvalue weighted by molar-refractivity contribution is 5.94. The Hall–Kier alpha value is -3.02. The number of para-hydroxylation sites is 2. The van der Waals surface area contributed by atoms with Gasteiger partial charge in [-0.2, -0.15) is 0 Å². The molecule has 114 valence electrons. The Morgan fingerprint density at radius 1 is 1.09 bits per heavy atom. The van der Waals surface area contributed by atoms with Crippen LogP contribution in [0.2, 0.25) is 0 Å². The average molecular weight is 300 g/mol. The first-order valence-corrected chi connectivity index (χ1v) is 6.47. The van der Waals surface area contributed by atoms with Crippen LogP contribution in [0.25, 0.3) is 0 Å². The molecule has 0 radical (unpaired) electrons. The highest BCUT2D eigenvalue weighted by Crippen LogP contribution is 2.25. The van der Waals surface area contributed by atoms with Crippen molar-refractivity contribution in [1.29, 1.82) is 0 Å². The van der Waals surface area contributed by atoms with Gasteiger partial charge in [0.05, 0.1) is 13.1 Å². The van der Waals surface area contributed by atoms with E-state index in [1.54, 1.807) is 30.3 Å². The van der Waals surface area contributed by atoms with E-state index < -0.39 is 11.9 Å². The van der Waals surface area contributed by atoms with E-state index >= 15 is 0 Å². The SMILES string of the molecule is COc1ccccc1OCC(=O)Nc1cccc(C(=O)[O-])c1. The van der Waals surface area contributed by atoms with Gasteiger partial charge in [0.1, 0.15) is 0 Å². The Bertz CT molecular complexity index is 684. The van der Waals surface area contributed by atoms with Gasteiger partial charge in [-0.15, -0.1) is 0 Å². The van der Waals surface area contributed by atoms with Crippen molar-refractivity contribution in [1.82, 2.24) is 0 Å². The number of methoxy groups -OCH3 is 1. The number of aromatic carboxylic acids is 1. The summed E-state index contributed by atoms with van der Waals surface area (Å²) in [5.41, 5.74) is 0.346. The third-order valence-corrected chi connectivity index (χ3v) is 2.81. The lowest BCUT2D eigenvalue weighted by atomic mass is 10.2. The maximum absolute atomic E-state index is 11.8. The zero-order valence-electron chi connectivity index (χ0n) is 11.9. The van der Waals surface area contributed by atoms with E-state index in [1.165, 1.54) is 25.3 Å². The van der Waals surface area contributed by atoms with Gasteiger partial charge in [-0.25, -0.2) is 0 Å². The fourth-order valence-corrected chi connectivity index (χ4v) is 1.80. The van der Waals surface area contributed by atoms with Crippen molar-refractivity contribution in [2.75, 3.05) is 19.0 Å². The van der Waals surface area contributed by atoms with E-state index in [2.05, 4.69) is 5.32 Å². The number of amides is 1. The van der Waals surface area contributed by atoms with Gasteiger partial charge in [-0.1, -0.05) is 24.3 Å². The largest absolute Gasteiger partial charge is 0.545 e. The summed E-state index contributed by atoms with van der Waals surface area (Å²) in [6, 6.07) is 12.7. The highest BCUT2D eigenvalue weighted by Gasteiger charge is 2.07. The van der Waals surface area contributed by atoms with Gasteiger partial charge in [0.2, 0.25) is 0 Å². The standard InChI is InChI=1S/C16H15NO5/c1-21-13-7-2-3-8-14(13)22-10-15(18)17-12-6-4-5-11(9-12)16(19)20/h2-9H,10H2,1H3,(H,17,18)(H,19,20)/p-1. The van der Waals surface area contributed by atoms with Crippen molar-refractivity contribution in [2.45, 2.75) is 0 Å². The summed E-state index contributed by atoms with van der Waals surface area (Å²) in [6.45, 7) is -0.226. The summed E-state index contributed by atoms with van der Waals surface area (Å²) >= 11 is 0. The Balaban J connectivity index is 1.96. The van der Waals surface area contributed by atoms with Crippen LogP contribution in [0.15, 0.2) is 48.5 Å². The van der Waals surface area contributed by atoms with Crippen molar-refractivity contribution in [3.8, 4) is 11.5 Å². The second kappa shape index (κ2) is 7.12. The van der Waals surface area contributed by atoms with Crippen molar-refractivity contribution in [3.05, 3.63) is 54.1 Å². The lowest BCUT2D eigenvalue weighted by Crippen LogP contribution is -2.23. The van der Waals surface area contributed by atoms with Crippen LogP contribution in [-0.4, -0.2) is 25.6 Å². The number of carbonyl (C=O) groups is 2. The van der Waals surface area contributed by atoms with Gasteiger partial charge in [0, 0.05) is 5.69 Å². The zero-order chi connectivity index (χ0) is 15.9. The lowest BCUT2D eigenvalue weighted by molar-refractivity contribution is -0.255. The van der Waals surface area contributed by atoms with Crippen molar-refractivity contribution >= 4 is 17.6 Å². The first-order chi connectivity index (χ1) is 10.6. The number of rotatable bonds is 6. The minimum absolute atomic E-state index is 0.0107.